The van der Waals surface area contributed by atoms with Crippen LogP contribution in [0.2, 0.25) is 5.02 Å². The van der Waals surface area contributed by atoms with Crippen molar-refractivity contribution in [1.82, 2.24) is 0 Å². The quantitative estimate of drug-likeness (QED) is 0.345. The van der Waals surface area contributed by atoms with E-state index in [4.69, 9.17) is 21.4 Å². The van der Waals surface area contributed by atoms with E-state index in [1.54, 1.807) is 56.3 Å². The number of benzene rings is 3. The Morgan fingerprint density at radius 3 is 2.62 bits per heavy atom. The third-order valence-electron chi connectivity index (χ3n) is 6.46. The molecule has 1 atom stereocenters. The Kier molecular flexibility index (Phi) is 7.62. The Morgan fingerprint density at radius 1 is 1.19 bits per heavy atom. The number of rotatable bonds is 7. The predicted octanol–water partition coefficient (Wildman–Crippen LogP) is 6.48. The van der Waals surface area contributed by atoms with Crippen molar-refractivity contribution in [2.45, 2.75) is 44.6 Å². The Hall–Kier alpha value is -3.36. The summed E-state index contributed by atoms with van der Waals surface area (Å²) in [6.07, 6.45) is 1.09. The SMILES string of the molecule is C/C(=C\c1ccc2c(c1)N(S(=O)(=O)c1cccc(C)c1C)C[C@H](CCC(=O)O)O2)c1c(F)cccc1Cl. The first kappa shape index (κ1) is 26.7. The van der Waals surface area contributed by atoms with Crippen LogP contribution in [0, 0.1) is 19.7 Å². The molecule has 0 aromatic heterocycles. The molecule has 0 radical (unpaired) electrons. The smallest absolute Gasteiger partial charge is 0.303 e. The number of hydrogen-bond acceptors (Lipinski definition) is 4. The fourth-order valence-electron chi connectivity index (χ4n) is 4.40. The molecule has 6 nitrogen and oxygen atoms in total. The number of anilines is 1. The van der Waals surface area contributed by atoms with Crippen LogP contribution in [-0.4, -0.2) is 32.1 Å². The van der Waals surface area contributed by atoms with Gasteiger partial charge in [-0.15, -0.1) is 0 Å². The van der Waals surface area contributed by atoms with Crippen molar-refractivity contribution in [3.05, 3.63) is 87.7 Å². The van der Waals surface area contributed by atoms with Crippen LogP contribution in [0.4, 0.5) is 10.1 Å². The molecular formula is C28H27ClFNO5S. The molecule has 37 heavy (non-hydrogen) atoms. The third-order valence-corrected chi connectivity index (χ3v) is 8.70. The average Bonchev–Trinajstić information content (AvgIpc) is 2.83. The maximum Gasteiger partial charge on any atom is 0.303 e. The molecule has 194 valence electrons. The van der Waals surface area contributed by atoms with Gasteiger partial charge in [-0.25, -0.2) is 12.8 Å². The van der Waals surface area contributed by atoms with E-state index in [2.05, 4.69) is 0 Å². The highest BCUT2D eigenvalue weighted by Gasteiger charge is 2.35. The largest absolute Gasteiger partial charge is 0.486 e. The number of aryl methyl sites for hydroxylation is 1. The highest BCUT2D eigenvalue weighted by Crippen LogP contribution is 2.40. The topological polar surface area (TPSA) is 83.9 Å². The minimum Gasteiger partial charge on any atom is -0.486 e. The van der Waals surface area contributed by atoms with Gasteiger partial charge in [0.25, 0.3) is 10.0 Å². The first-order valence-corrected chi connectivity index (χ1v) is 13.5. The average molecular weight is 544 g/mol. The normalized spacial score (nSPS) is 15.8. The molecule has 1 N–H and O–H groups in total. The van der Waals surface area contributed by atoms with Crippen LogP contribution >= 0.6 is 11.6 Å². The molecular weight excluding hydrogens is 517 g/mol. The number of carboxylic acid groups (broad SMARTS) is 1. The van der Waals surface area contributed by atoms with Crippen LogP contribution in [0.1, 0.15) is 42.0 Å². The molecule has 0 saturated carbocycles. The van der Waals surface area contributed by atoms with Gasteiger partial charge in [-0.05, 0) is 79.8 Å². The molecule has 0 aliphatic carbocycles. The van der Waals surface area contributed by atoms with Crippen molar-refractivity contribution >= 4 is 44.9 Å². The number of nitrogens with zero attached hydrogens (tertiary/aromatic N) is 1. The number of aliphatic carboxylic acids is 1. The van der Waals surface area contributed by atoms with Crippen molar-refractivity contribution < 1.29 is 27.4 Å². The number of halogens is 2. The lowest BCUT2D eigenvalue weighted by atomic mass is 10.0. The van der Waals surface area contributed by atoms with Crippen molar-refractivity contribution in [3.63, 3.8) is 0 Å². The summed E-state index contributed by atoms with van der Waals surface area (Å²) >= 11 is 6.22. The molecule has 0 saturated heterocycles. The summed E-state index contributed by atoms with van der Waals surface area (Å²) in [5.41, 5.74) is 3.28. The van der Waals surface area contributed by atoms with Gasteiger partial charge in [0.2, 0.25) is 0 Å². The summed E-state index contributed by atoms with van der Waals surface area (Å²) in [6.45, 7) is 5.29. The summed E-state index contributed by atoms with van der Waals surface area (Å²) in [4.78, 5) is 11.3. The molecule has 4 rings (SSSR count). The minimum absolute atomic E-state index is 0.0404. The Morgan fingerprint density at radius 2 is 1.92 bits per heavy atom. The standard InChI is InChI=1S/C28H27ClFNO5S/c1-17-6-4-9-26(19(17)3)37(34,35)31-16-21(11-13-27(32)33)36-25-12-10-20(15-24(25)31)14-18(2)28-22(29)7-5-8-23(28)30/h4-10,12,14-15,21H,11,13,16H2,1-3H3,(H,32,33)/b18-14+/t21-/m0/s1. The Labute approximate surface area is 221 Å². The summed E-state index contributed by atoms with van der Waals surface area (Å²) in [6, 6.07) is 14.6. The van der Waals surface area contributed by atoms with Crippen molar-refractivity contribution in [3.8, 4) is 5.75 Å². The molecule has 1 heterocycles. The molecule has 1 aliphatic rings. The number of fused-ring (bicyclic) bond motifs is 1. The maximum atomic E-state index is 14.5. The van der Waals surface area contributed by atoms with E-state index < -0.39 is 27.9 Å². The molecule has 1 aliphatic heterocycles. The number of carboxylic acids is 1. The number of sulfonamides is 1. The van der Waals surface area contributed by atoms with Gasteiger partial charge in [0.15, 0.2) is 0 Å². The molecule has 9 heteroatoms. The van der Waals surface area contributed by atoms with Gasteiger partial charge in [-0.1, -0.05) is 41.9 Å². The summed E-state index contributed by atoms with van der Waals surface area (Å²) < 4.78 is 49.6. The number of hydrogen-bond donors (Lipinski definition) is 1. The highest BCUT2D eigenvalue weighted by atomic mass is 35.5. The molecule has 0 spiro atoms. The van der Waals surface area contributed by atoms with Crippen molar-refractivity contribution in [1.29, 1.82) is 0 Å². The van der Waals surface area contributed by atoms with Gasteiger partial charge in [0.05, 0.1) is 22.2 Å². The summed E-state index contributed by atoms with van der Waals surface area (Å²) in [7, 11) is -4.01. The second-order valence-electron chi connectivity index (χ2n) is 9.06. The van der Waals surface area contributed by atoms with Gasteiger partial charge < -0.3 is 9.84 Å². The minimum atomic E-state index is -4.01. The third kappa shape index (κ3) is 5.50. The van der Waals surface area contributed by atoms with Crippen molar-refractivity contribution in [2.75, 3.05) is 10.8 Å². The van der Waals surface area contributed by atoms with E-state index in [9.17, 15) is 17.6 Å². The number of carbonyl (C=O) groups is 1. The van der Waals surface area contributed by atoms with E-state index in [1.807, 2.05) is 13.0 Å². The first-order chi connectivity index (χ1) is 17.5. The van der Waals surface area contributed by atoms with E-state index in [0.29, 0.717) is 28.1 Å². The monoisotopic (exact) mass is 543 g/mol. The lowest BCUT2D eigenvalue weighted by Crippen LogP contribution is -2.44. The summed E-state index contributed by atoms with van der Waals surface area (Å²) in [5.74, 6) is -1.11. The van der Waals surface area contributed by atoms with Crippen LogP contribution in [-0.2, 0) is 14.8 Å². The van der Waals surface area contributed by atoms with Crippen molar-refractivity contribution in [2.24, 2.45) is 0 Å². The zero-order valence-corrected chi connectivity index (χ0v) is 22.2. The molecule has 0 bridgehead atoms. The molecule has 0 fully saturated rings. The zero-order chi connectivity index (χ0) is 26.9. The fourth-order valence-corrected chi connectivity index (χ4v) is 6.51. The number of allylic oxidation sites excluding steroid dienone is 1. The van der Waals surface area contributed by atoms with Crippen LogP contribution in [0.3, 0.4) is 0 Å². The van der Waals surface area contributed by atoms with Crippen LogP contribution in [0.15, 0.2) is 59.5 Å². The Bertz CT molecular complexity index is 1480. The molecule has 0 amide bonds. The van der Waals surface area contributed by atoms with Crippen LogP contribution < -0.4 is 9.04 Å². The summed E-state index contributed by atoms with van der Waals surface area (Å²) in [5, 5.41) is 9.41. The molecule has 3 aromatic carbocycles. The maximum absolute atomic E-state index is 14.5. The van der Waals surface area contributed by atoms with Gasteiger partial charge >= 0.3 is 5.97 Å². The predicted molar refractivity (Wildman–Crippen MR) is 143 cm³/mol. The van der Waals surface area contributed by atoms with Gasteiger partial charge in [-0.3, -0.25) is 9.10 Å². The second kappa shape index (κ2) is 10.6. The Balaban J connectivity index is 1.81. The lowest BCUT2D eigenvalue weighted by Gasteiger charge is -2.36. The van der Waals surface area contributed by atoms with E-state index in [0.717, 1.165) is 5.56 Å². The zero-order valence-electron chi connectivity index (χ0n) is 20.7. The van der Waals surface area contributed by atoms with Gasteiger partial charge in [-0.2, -0.15) is 0 Å². The van der Waals surface area contributed by atoms with Crippen LogP contribution in [0.25, 0.3) is 11.6 Å². The first-order valence-electron chi connectivity index (χ1n) is 11.7. The van der Waals surface area contributed by atoms with E-state index in [1.165, 1.54) is 16.4 Å². The molecule has 3 aromatic rings. The second-order valence-corrected chi connectivity index (χ2v) is 11.3. The lowest BCUT2D eigenvalue weighted by molar-refractivity contribution is -0.137. The van der Waals surface area contributed by atoms with Gasteiger partial charge in [0, 0.05) is 12.0 Å². The molecule has 0 unspecified atom stereocenters. The van der Waals surface area contributed by atoms with Gasteiger partial charge in [0.1, 0.15) is 17.7 Å². The van der Waals surface area contributed by atoms with E-state index >= 15 is 0 Å². The number of ether oxygens (including phenoxy) is 1. The highest BCUT2D eigenvalue weighted by molar-refractivity contribution is 7.93. The van der Waals surface area contributed by atoms with Crippen LogP contribution in [0.5, 0.6) is 5.75 Å². The van der Waals surface area contributed by atoms with E-state index in [-0.39, 0.29) is 34.9 Å². The fraction of sp³-hybridized carbons (Fsp3) is 0.250.